The molecule has 0 N–H and O–H groups in total. The van der Waals surface area contributed by atoms with Crippen LogP contribution in [0.2, 0.25) is 0 Å². The molecule has 3 rings (SSSR count). The molecular formula is C19H25NO2S. The number of benzene rings is 1. The molecule has 1 aromatic carbocycles. The summed E-state index contributed by atoms with van der Waals surface area (Å²) in [5.41, 5.74) is 1.99. The molecule has 0 atom stereocenters. The third-order valence-corrected chi connectivity index (χ3v) is 7.18. The Hall–Kier alpha value is -1.39. The van der Waals surface area contributed by atoms with Gasteiger partial charge in [0.25, 0.3) is 0 Å². The van der Waals surface area contributed by atoms with Crippen LogP contribution in [0.25, 0.3) is 0 Å². The van der Waals surface area contributed by atoms with Gasteiger partial charge in [0, 0.05) is 6.54 Å². The lowest BCUT2D eigenvalue weighted by Gasteiger charge is -2.43. The van der Waals surface area contributed by atoms with Crippen LogP contribution >= 0.6 is 0 Å². The Morgan fingerprint density at radius 2 is 1.83 bits per heavy atom. The third kappa shape index (κ3) is 2.79. The van der Waals surface area contributed by atoms with Gasteiger partial charge < -0.3 is 0 Å². The zero-order chi connectivity index (χ0) is 16.5. The highest BCUT2D eigenvalue weighted by atomic mass is 32.2. The summed E-state index contributed by atoms with van der Waals surface area (Å²) >= 11 is 0. The zero-order valence-corrected chi connectivity index (χ0v) is 14.6. The van der Waals surface area contributed by atoms with Crippen molar-refractivity contribution in [3.05, 3.63) is 54.1 Å². The summed E-state index contributed by atoms with van der Waals surface area (Å²) in [6.45, 7) is 6.30. The quantitative estimate of drug-likeness (QED) is 0.775. The topological polar surface area (TPSA) is 37.4 Å². The number of hydrogen-bond donors (Lipinski definition) is 0. The molecule has 0 amide bonds. The fraction of sp³-hybridized carbons (Fsp3) is 0.474. The molecule has 1 fully saturated rings. The lowest BCUT2D eigenvalue weighted by atomic mass is 9.76. The van der Waals surface area contributed by atoms with E-state index < -0.39 is 10.0 Å². The molecule has 23 heavy (non-hydrogen) atoms. The summed E-state index contributed by atoms with van der Waals surface area (Å²) in [4.78, 5) is 0.404. The van der Waals surface area contributed by atoms with E-state index in [1.165, 1.54) is 12.0 Å². The van der Waals surface area contributed by atoms with Crippen LogP contribution in [0.1, 0.15) is 44.1 Å². The maximum absolute atomic E-state index is 13.2. The number of hydrogen-bond acceptors (Lipinski definition) is 2. The van der Waals surface area contributed by atoms with Crippen LogP contribution in [0.15, 0.2) is 53.5 Å². The highest BCUT2D eigenvalue weighted by Crippen LogP contribution is 2.46. The Bertz CT molecular complexity index is 710. The van der Waals surface area contributed by atoms with Gasteiger partial charge in [-0.15, -0.1) is 6.58 Å². The van der Waals surface area contributed by atoms with Crippen molar-refractivity contribution in [1.82, 2.24) is 4.31 Å². The Kier molecular flexibility index (Phi) is 4.47. The molecular weight excluding hydrogens is 306 g/mol. The normalized spacial score (nSPS) is 21.3. The van der Waals surface area contributed by atoms with Crippen LogP contribution in [0, 0.1) is 6.92 Å². The molecule has 4 heteroatoms. The molecule has 1 aromatic rings. The lowest BCUT2D eigenvalue weighted by Crippen LogP contribution is -2.50. The van der Waals surface area contributed by atoms with E-state index >= 15 is 0 Å². The van der Waals surface area contributed by atoms with Gasteiger partial charge in [0.05, 0.1) is 10.4 Å². The fourth-order valence-electron chi connectivity index (χ4n) is 4.02. The van der Waals surface area contributed by atoms with E-state index in [-0.39, 0.29) is 5.54 Å². The molecule has 0 radical (unpaired) electrons. The molecule has 2 aliphatic rings. The van der Waals surface area contributed by atoms with E-state index in [0.717, 1.165) is 37.7 Å². The van der Waals surface area contributed by atoms with Gasteiger partial charge in [-0.05, 0) is 43.9 Å². The highest BCUT2D eigenvalue weighted by molar-refractivity contribution is 7.89. The minimum absolute atomic E-state index is 0.323. The van der Waals surface area contributed by atoms with Crippen molar-refractivity contribution in [1.29, 1.82) is 0 Å². The standard InChI is InChI=1S/C19H25NO2S/c1-3-7-17-12-15-20(19(17)13-5-4-6-14-19)23(21,22)18-10-8-16(2)9-11-18/h3,8-12H,1,4-7,13-15H2,2H3. The summed E-state index contributed by atoms with van der Waals surface area (Å²) in [6.07, 6.45) is 10.0. The molecule has 1 aliphatic heterocycles. The monoisotopic (exact) mass is 331 g/mol. The smallest absolute Gasteiger partial charge is 0.207 e. The van der Waals surface area contributed by atoms with Gasteiger partial charge in [-0.1, -0.05) is 49.1 Å². The number of rotatable bonds is 4. The minimum atomic E-state index is -3.47. The molecule has 3 nitrogen and oxygen atoms in total. The van der Waals surface area contributed by atoms with Crippen LogP contribution in [0.3, 0.4) is 0 Å². The summed E-state index contributed by atoms with van der Waals surface area (Å²) in [6, 6.07) is 7.20. The van der Waals surface area contributed by atoms with Crippen LogP contribution in [-0.2, 0) is 10.0 Å². The van der Waals surface area contributed by atoms with E-state index in [1.54, 1.807) is 16.4 Å². The van der Waals surface area contributed by atoms with Gasteiger partial charge in [-0.2, -0.15) is 4.31 Å². The van der Waals surface area contributed by atoms with Gasteiger partial charge in [0.2, 0.25) is 10.0 Å². The van der Waals surface area contributed by atoms with E-state index in [9.17, 15) is 8.42 Å². The second-order valence-corrected chi connectivity index (χ2v) is 8.53. The van der Waals surface area contributed by atoms with Gasteiger partial charge >= 0.3 is 0 Å². The van der Waals surface area contributed by atoms with Crippen LogP contribution in [0.4, 0.5) is 0 Å². The molecule has 1 saturated carbocycles. The average molecular weight is 331 g/mol. The first-order valence-corrected chi connectivity index (χ1v) is 9.85. The van der Waals surface area contributed by atoms with Crippen molar-refractivity contribution in [2.45, 2.75) is 55.9 Å². The van der Waals surface area contributed by atoms with Crippen molar-refractivity contribution in [2.75, 3.05) is 6.54 Å². The molecule has 1 spiro atoms. The fourth-order valence-corrected chi connectivity index (χ4v) is 5.78. The van der Waals surface area contributed by atoms with E-state index in [0.29, 0.717) is 11.4 Å². The van der Waals surface area contributed by atoms with Crippen LogP contribution < -0.4 is 0 Å². The van der Waals surface area contributed by atoms with Crippen molar-refractivity contribution in [3.8, 4) is 0 Å². The Morgan fingerprint density at radius 1 is 1.17 bits per heavy atom. The number of sulfonamides is 1. The number of aryl methyl sites for hydroxylation is 1. The molecule has 0 saturated heterocycles. The van der Waals surface area contributed by atoms with Gasteiger partial charge in [-0.25, -0.2) is 8.42 Å². The molecule has 0 bridgehead atoms. The first kappa shape index (κ1) is 16.5. The second-order valence-electron chi connectivity index (χ2n) is 6.66. The molecule has 1 heterocycles. The first-order chi connectivity index (χ1) is 11.0. The van der Waals surface area contributed by atoms with E-state index in [4.69, 9.17) is 0 Å². The summed E-state index contributed by atoms with van der Waals surface area (Å²) < 4.78 is 28.2. The highest BCUT2D eigenvalue weighted by Gasteiger charge is 2.49. The Balaban J connectivity index is 2.01. The molecule has 0 aromatic heterocycles. The Labute approximate surface area is 139 Å². The second kappa shape index (κ2) is 6.25. The van der Waals surface area contributed by atoms with Gasteiger partial charge in [0.15, 0.2) is 0 Å². The van der Waals surface area contributed by atoms with Gasteiger partial charge in [-0.3, -0.25) is 0 Å². The number of allylic oxidation sites excluding steroid dienone is 1. The summed E-state index contributed by atoms with van der Waals surface area (Å²) in [7, 11) is -3.47. The largest absolute Gasteiger partial charge is 0.244 e. The molecule has 0 unspecified atom stereocenters. The van der Waals surface area contributed by atoms with E-state index in [1.807, 2.05) is 25.1 Å². The van der Waals surface area contributed by atoms with Crippen molar-refractivity contribution in [2.24, 2.45) is 0 Å². The first-order valence-electron chi connectivity index (χ1n) is 8.41. The predicted octanol–water partition coefficient (Wildman–Crippen LogP) is 4.20. The van der Waals surface area contributed by atoms with Crippen molar-refractivity contribution >= 4 is 10.0 Å². The van der Waals surface area contributed by atoms with E-state index in [2.05, 4.69) is 12.7 Å². The van der Waals surface area contributed by atoms with Gasteiger partial charge in [0.1, 0.15) is 0 Å². The maximum atomic E-state index is 13.2. The van der Waals surface area contributed by atoms with Crippen LogP contribution in [0.5, 0.6) is 0 Å². The zero-order valence-electron chi connectivity index (χ0n) is 13.8. The average Bonchev–Trinajstić information content (AvgIpc) is 2.87. The van der Waals surface area contributed by atoms with Crippen LogP contribution in [-0.4, -0.2) is 24.8 Å². The summed E-state index contributed by atoms with van der Waals surface area (Å²) in [5, 5.41) is 0. The summed E-state index contributed by atoms with van der Waals surface area (Å²) in [5.74, 6) is 0. The Morgan fingerprint density at radius 3 is 2.43 bits per heavy atom. The maximum Gasteiger partial charge on any atom is 0.244 e. The minimum Gasteiger partial charge on any atom is -0.207 e. The SMILES string of the molecule is C=CCC1=CCN(S(=O)(=O)c2ccc(C)cc2)C12CCCCC2. The number of nitrogens with zero attached hydrogens (tertiary/aromatic N) is 1. The van der Waals surface area contributed by atoms with Crippen molar-refractivity contribution in [3.63, 3.8) is 0 Å². The third-order valence-electron chi connectivity index (χ3n) is 5.23. The predicted molar refractivity (Wildman–Crippen MR) is 93.8 cm³/mol. The molecule has 1 aliphatic carbocycles. The molecule has 124 valence electrons. The van der Waals surface area contributed by atoms with Crippen molar-refractivity contribution < 1.29 is 8.42 Å². The lowest BCUT2D eigenvalue weighted by molar-refractivity contribution is 0.192.